The lowest BCUT2D eigenvalue weighted by molar-refractivity contribution is 0.335. The van der Waals surface area contributed by atoms with E-state index in [1.54, 1.807) is 11.8 Å². The van der Waals surface area contributed by atoms with Gasteiger partial charge in [-0.25, -0.2) is 0 Å². The maximum atomic E-state index is 5.42. The maximum absolute atomic E-state index is 5.42. The van der Waals surface area contributed by atoms with E-state index in [9.17, 15) is 0 Å². The number of anilines is 1. The van der Waals surface area contributed by atoms with Crippen LogP contribution in [0.3, 0.4) is 0 Å². The average Bonchev–Trinajstić information content (AvgIpc) is 3.35. The van der Waals surface area contributed by atoms with Gasteiger partial charge in [0.1, 0.15) is 5.01 Å². The Morgan fingerprint density at radius 1 is 1.04 bits per heavy atom. The van der Waals surface area contributed by atoms with Gasteiger partial charge < -0.3 is 9.64 Å². The van der Waals surface area contributed by atoms with Gasteiger partial charge in [0, 0.05) is 13.1 Å². The SMILES string of the molecule is CCOc1nnc(CSc2nnc(N3CCCCC3)n2-c2ccc(C)cc2)s1. The molecule has 3 heterocycles. The second kappa shape index (κ2) is 8.91. The third-order valence-electron chi connectivity index (χ3n) is 4.59. The normalized spacial score (nSPS) is 14.4. The van der Waals surface area contributed by atoms with Crippen LogP contribution in [0.2, 0.25) is 0 Å². The molecule has 0 aliphatic carbocycles. The molecule has 0 atom stereocenters. The van der Waals surface area contributed by atoms with E-state index in [1.165, 1.54) is 36.2 Å². The maximum Gasteiger partial charge on any atom is 0.294 e. The van der Waals surface area contributed by atoms with Crippen molar-refractivity contribution in [3.05, 3.63) is 34.8 Å². The molecule has 1 fully saturated rings. The van der Waals surface area contributed by atoms with Crippen molar-refractivity contribution in [2.24, 2.45) is 0 Å². The number of aryl methyl sites for hydroxylation is 1. The highest BCUT2D eigenvalue weighted by Gasteiger charge is 2.22. The number of aromatic nitrogens is 5. The second-order valence-corrected chi connectivity index (χ2v) is 8.65. The molecule has 1 aliphatic heterocycles. The Morgan fingerprint density at radius 2 is 1.82 bits per heavy atom. The molecule has 9 heteroatoms. The number of piperidine rings is 1. The van der Waals surface area contributed by atoms with Gasteiger partial charge in [0.15, 0.2) is 5.16 Å². The van der Waals surface area contributed by atoms with Gasteiger partial charge in [0.05, 0.1) is 18.0 Å². The van der Waals surface area contributed by atoms with Gasteiger partial charge in [-0.1, -0.05) is 40.8 Å². The molecule has 0 unspecified atom stereocenters. The van der Waals surface area contributed by atoms with E-state index in [0.29, 0.717) is 17.6 Å². The standard InChI is InChI=1S/C19H24N6OS2/c1-3-26-19-23-20-16(28-19)13-27-18-22-21-17(24-11-5-4-6-12-24)25(18)15-9-7-14(2)8-10-15/h7-10H,3-6,11-13H2,1-2H3. The summed E-state index contributed by atoms with van der Waals surface area (Å²) < 4.78 is 7.59. The third kappa shape index (κ3) is 4.30. The summed E-state index contributed by atoms with van der Waals surface area (Å²) in [7, 11) is 0. The fraction of sp³-hybridized carbons (Fsp3) is 0.474. The van der Waals surface area contributed by atoms with Gasteiger partial charge in [-0.3, -0.25) is 4.57 Å². The van der Waals surface area contributed by atoms with Gasteiger partial charge in [0.25, 0.3) is 5.19 Å². The van der Waals surface area contributed by atoms with Crippen molar-refractivity contribution in [2.75, 3.05) is 24.6 Å². The molecule has 3 aromatic rings. The number of hydrogen-bond acceptors (Lipinski definition) is 8. The minimum Gasteiger partial charge on any atom is -0.469 e. The molecule has 0 radical (unpaired) electrons. The molecule has 0 saturated carbocycles. The first-order chi connectivity index (χ1) is 13.7. The fourth-order valence-electron chi connectivity index (χ4n) is 3.18. The number of ether oxygens (including phenoxy) is 1. The topological polar surface area (TPSA) is 69.0 Å². The van der Waals surface area contributed by atoms with Crippen molar-refractivity contribution >= 4 is 29.0 Å². The highest BCUT2D eigenvalue weighted by Crippen LogP contribution is 2.31. The lowest BCUT2D eigenvalue weighted by Crippen LogP contribution is -2.31. The monoisotopic (exact) mass is 416 g/mol. The van der Waals surface area contributed by atoms with Crippen LogP contribution in [0.25, 0.3) is 5.69 Å². The molecule has 1 aliphatic rings. The van der Waals surface area contributed by atoms with Gasteiger partial charge >= 0.3 is 0 Å². The summed E-state index contributed by atoms with van der Waals surface area (Å²) in [6.07, 6.45) is 3.69. The number of nitrogens with zero attached hydrogens (tertiary/aromatic N) is 6. The first-order valence-electron chi connectivity index (χ1n) is 9.60. The molecule has 1 aromatic carbocycles. The number of rotatable bonds is 7. The number of hydrogen-bond donors (Lipinski definition) is 0. The van der Waals surface area contributed by atoms with Crippen LogP contribution < -0.4 is 9.64 Å². The number of thioether (sulfide) groups is 1. The van der Waals surface area contributed by atoms with E-state index in [0.717, 1.165) is 34.9 Å². The van der Waals surface area contributed by atoms with E-state index < -0.39 is 0 Å². The van der Waals surface area contributed by atoms with E-state index in [4.69, 9.17) is 4.74 Å². The molecule has 1 saturated heterocycles. The van der Waals surface area contributed by atoms with Crippen LogP contribution in [0, 0.1) is 6.92 Å². The summed E-state index contributed by atoms with van der Waals surface area (Å²) in [6, 6.07) is 8.52. The summed E-state index contributed by atoms with van der Waals surface area (Å²) >= 11 is 3.11. The van der Waals surface area contributed by atoms with E-state index in [2.05, 4.69) is 61.1 Å². The summed E-state index contributed by atoms with van der Waals surface area (Å²) in [6.45, 7) is 6.71. The van der Waals surface area contributed by atoms with Crippen molar-refractivity contribution in [3.8, 4) is 10.9 Å². The summed E-state index contributed by atoms with van der Waals surface area (Å²) in [4.78, 5) is 2.35. The molecule has 148 valence electrons. The quantitative estimate of drug-likeness (QED) is 0.537. The van der Waals surface area contributed by atoms with Crippen molar-refractivity contribution in [1.29, 1.82) is 0 Å². The molecule has 0 spiro atoms. The van der Waals surface area contributed by atoms with Crippen LogP contribution >= 0.6 is 23.1 Å². The zero-order chi connectivity index (χ0) is 19.3. The molecule has 2 aromatic heterocycles. The Kier molecular flexibility index (Phi) is 6.11. The fourth-order valence-corrected chi connectivity index (χ4v) is 4.86. The molecular formula is C19H24N6OS2. The van der Waals surface area contributed by atoms with E-state index in [-0.39, 0.29) is 0 Å². The minimum atomic E-state index is 0.600. The predicted octanol–water partition coefficient (Wildman–Crippen LogP) is 4.11. The van der Waals surface area contributed by atoms with Crippen LogP contribution in [0.1, 0.15) is 36.8 Å². The van der Waals surface area contributed by atoms with Crippen molar-refractivity contribution in [3.63, 3.8) is 0 Å². The Morgan fingerprint density at radius 3 is 2.57 bits per heavy atom. The lowest BCUT2D eigenvalue weighted by Gasteiger charge is -2.27. The van der Waals surface area contributed by atoms with Gasteiger partial charge in [-0.05, 0) is 45.2 Å². The Balaban J connectivity index is 1.60. The Hall–Kier alpha value is -2.13. The number of benzene rings is 1. The van der Waals surface area contributed by atoms with Crippen molar-refractivity contribution in [1.82, 2.24) is 25.0 Å². The van der Waals surface area contributed by atoms with E-state index >= 15 is 0 Å². The molecule has 0 amide bonds. The Bertz CT molecular complexity index is 902. The third-order valence-corrected chi connectivity index (χ3v) is 6.55. The predicted molar refractivity (Wildman–Crippen MR) is 113 cm³/mol. The molecule has 28 heavy (non-hydrogen) atoms. The van der Waals surface area contributed by atoms with Crippen molar-refractivity contribution in [2.45, 2.75) is 44.0 Å². The molecule has 0 N–H and O–H groups in total. The van der Waals surface area contributed by atoms with Gasteiger partial charge in [-0.15, -0.1) is 20.4 Å². The molecule has 7 nitrogen and oxygen atoms in total. The van der Waals surface area contributed by atoms with Crippen LogP contribution in [0.4, 0.5) is 5.95 Å². The van der Waals surface area contributed by atoms with Crippen LogP contribution in [0.5, 0.6) is 5.19 Å². The zero-order valence-electron chi connectivity index (χ0n) is 16.2. The van der Waals surface area contributed by atoms with Crippen LogP contribution in [-0.4, -0.2) is 44.7 Å². The lowest BCUT2D eigenvalue weighted by atomic mass is 10.1. The zero-order valence-corrected chi connectivity index (χ0v) is 17.8. The summed E-state index contributed by atoms with van der Waals surface area (Å²) in [5, 5.41) is 19.8. The van der Waals surface area contributed by atoms with Gasteiger partial charge in [0.2, 0.25) is 5.95 Å². The first-order valence-corrected chi connectivity index (χ1v) is 11.4. The highest BCUT2D eigenvalue weighted by molar-refractivity contribution is 7.98. The second-order valence-electron chi connectivity index (χ2n) is 6.68. The first kappa shape index (κ1) is 19.2. The minimum absolute atomic E-state index is 0.600. The summed E-state index contributed by atoms with van der Waals surface area (Å²) in [5.41, 5.74) is 2.33. The Labute approximate surface area is 173 Å². The molecule has 4 rings (SSSR count). The highest BCUT2D eigenvalue weighted by atomic mass is 32.2. The van der Waals surface area contributed by atoms with E-state index in [1.807, 2.05) is 6.92 Å². The molecular weight excluding hydrogens is 392 g/mol. The van der Waals surface area contributed by atoms with Gasteiger partial charge in [-0.2, -0.15) is 0 Å². The van der Waals surface area contributed by atoms with Crippen molar-refractivity contribution < 1.29 is 4.74 Å². The average molecular weight is 417 g/mol. The largest absolute Gasteiger partial charge is 0.469 e. The van der Waals surface area contributed by atoms with Crippen LogP contribution in [0.15, 0.2) is 29.4 Å². The molecule has 0 bridgehead atoms. The van der Waals surface area contributed by atoms with Crippen LogP contribution in [-0.2, 0) is 5.75 Å². The summed E-state index contributed by atoms with van der Waals surface area (Å²) in [5.74, 6) is 1.62. The smallest absolute Gasteiger partial charge is 0.294 e.